The zero-order chi connectivity index (χ0) is 8.59. The largest absolute Gasteiger partial charge is 0.478 e. The second-order valence-electron chi connectivity index (χ2n) is 2.01. The molecule has 0 amide bonds. The van der Waals surface area contributed by atoms with E-state index in [-0.39, 0.29) is 5.06 Å². The van der Waals surface area contributed by atoms with Crippen LogP contribution < -0.4 is 0 Å². The Bertz CT molecular complexity index is 172. The maximum atomic E-state index is 10.2. The smallest absolute Gasteiger partial charge is 0.350 e. The summed E-state index contributed by atoms with van der Waals surface area (Å²) in [5.74, 6) is -1.48. The number of carboxylic acids is 1. The molecule has 1 rings (SSSR count). The van der Waals surface area contributed by atoms with Gasteiger partial charge in [-0.05, 0) is 0 Å². The van der Waals surface area contributed by atoms with E-state index < -0.39 is 24.7 Å². The maximum Gasteiger partial charge on any atom is 0.350 e. The van der Waals surface area contributed by atoms with Gasteiger partial charge in [0.2, 0.25) is 6.23 Å². The van der Waals surface area contributed by atoms with E-state index in [2.05, 4.69) is 4.74 Å². The van der Waals surface area contributed by atoms with Crippen LogP contribution >= 0.6 is 0 Å². The number of carboxylic acid groups (broad SMARTS) is 1. The van der Waals surface area contributed by atoms with Crippen molar-refractivity contribution in [1.82, 2.24) is 5.06 Å². The number of aliphatic carboxylic acids is 1. The first kappa shape index (κ1) is 8.37. The normalized spacial score (nSPS) is 39.4. The molecule has 3 unspecified atom stereocenters. The Hall–Kier alpha value is -0.730. The summed E-state index contributed by atoms with van der Waals surface area (Å²) in [6.45, 7) is 0. The SMILES string of the molecule is O=C(O)C1OC(O)C(O)N1O. The minimum absolute atomic E-state index is 0.0208. The van der Waals surface area contributed by atoms with E-state index in [0.29, 0.717) is 0 Å². The Kier molecular flexibility index (Phi) is 2.07. The second-order valence-corrected chi connectivity index (χ2v) is 2.01. The maximum absolute atomic E-state index is 10.2. The Morgan fingerprint density at radius 3 is 2.18 bits per heavy atom. The molecule has 0 aromatic rings. The van der Waals surface area contributed by atoms with Gasteiger partial charge in [0.25, 0.3) is 0 Å². The van der Waals surface area contributed by atoms with Crippen molar-refractivity contribution >= 4 is 5.97 Å². The van der Waals surface area contributed by atoms with Crippen LogP contribution in [-0.2, 0) is 9.53 Å². The topological polar surface area (TPSA) is 110 Å². The predicted molar refractivity (Wildman–Crippen MR) is 28.1 cm³/mol. The van der Waals surface area contributed by atoms with Gasteiger partial charge in [0.1, 0.15) is 0 Å². The number of carbonyl (C=O) groups is 1. The monoisotopic (exact) mass is 165 g/mol. The van der Waals surface area contributed by atoms with Gasteiger partial charge < -0.3 is 25.3 Å². The van der Waals surface area contributed by atoms with Crippen LogP contribution in [0, 0.1) is 0 Å². The van der Waals surface area contributed by atoms with Crippen LogP contribution in [0.25, 0.3) is 0 Å². The second kappa shape index (κ2) is 2.72. The van der Waals surface area contributed by atoms with E-state index in [1.807, 2.05) is 0 Å². The van der Waals surface area contributed by atoms with Gasteiger partial charge in [0.15, 0.2) is 12.5 Å². The van der Waals surface area contributed by atoms with Gasteiger partial charge in [0.05, 0.1) is 0 Å². The van der Waals surface area contributed by atoms with Crippen molar-refractivity contribution in [3.8, 4) is 0 Å². The third-order valence-electron chi connectivity index (χ3n) is 1.25. The van der Waals surface area contributed by atoms with E-state index >= 15 is 0 Å². The molecule has 1 fully saturated rings. The summed E-state index contributed by atoms with van der Waals surface area (Å²) in [7, 11) is 0. The van der Waals surface area contributed by atoms with Crippen molar-refractivity contribution in [2.75, 3.05) is 0 Å². The standard InChI is InChI=1S/C4H7NO6/c6-1-4(9)11-2(3(7)8)5(1)10/h1-2,4,6,9-10H,(H,7,8). The lowest BCUT2D eigenvalue weighted by Gasteiger charge is -2.12. The summed E-state index contributed by atoms with van der Waals surface area (Å²) in [5, 5.41) is 34.4. The fourth-order valence-corrected chi connectivity index (χ4v) is 0.705. The predicted octanol–water partition coefficient (Wildman–Crippen LogP) is -2.24. The van der Waals surface area contributed by atoms with Crippen molar-refractivity contribution in [1.29, 1.82) is 0 Å². The molecule has 0 aromatic heterocycles. The molecule has 1 heterocycles. The number of rotatable bonds is 1. The average molecular weight is 165 g/mol. The van der Waals surface area contributed by atoms with Gasteiger partial charge in [-0.1, -0.05) is 0 Å². The summed E-state index contributed by atoms with van der Waals surface area (Å²) in [6.07, 6.45) is -5.11. The minimum Gasteiger partial charge on any atom is -0.478 e. The molecule has 1 aliphatic rings. The highest BCUT2D eigenvalue weighted by Crippen LogP contribution is 2.17. The fraction of sp³-hybridized carbons (Fsp3) is 0.750. The van der Waals surface area contributed by atoms with E-state index in [1.165, 1.54) is 0 Å². The molecular formula is C4H7NO6. The van der Waals surface area contributed by atoms with Gasteiger partial charge in [-0.15, -0.1) is 5.06 Å². The molecule has 0 bridgehead atoms. The molecule has 0 radical (unpaired) electrons. The summed E-state index contributed by atoms with van der Waals surface area (Å²) in [6, 6.07) is 0. The summed E-state index contributed by atoms with van der Waals surface area (Å²) in [4.78, 5) is 10.2. The first-order valence-electron chi connectivity index (χ1n) is 2.75. The van der Waals surface area contributed by atoms with Crippen LogP contribution in [-0.4, -0.2) is 50.3 Å². The zero-order valence-electron chi connectivity index (χ0n) is 5.28. The quantitative estimate of drug-likeness (QED) is 0.347. The first-order valence-corrected chi connectivity index (χ1v) is 2.75. The van der Waals surface area contributed by atoms with Crippen molar-refractivity contribution in [3.63, 3.8) is 0 Å². The Morgan fingerprint density at radius 1 is 1.45 bits per heavy atom. The molecule has 7 nitrogen and oxygen atoms in total. The Morgan fingerprint density at radius 2 is 2.00 bits per heavy atom. The van der Waals surface area contributed by atoms with Gasteiger partial charge in [-0.25, -0.2) is 4.79 Å². The molecule has 4 N–H and O–H groups in total. The molecule has 64 valence electrons. The highest BCUT2D eigenvalue weighted by molar-refractivity contribution is 5.71. The number of hydrogen-bond acceptors (Lipinski definition) is 6. The molecule has 1 saturated heterocycles. The van der Waals surface area contributed by atoms with Crippen LogP contribution in [0.5, 0.6) is 0 Å². The summed E-state index contributed by atoms with van der Waals surface area (Å²) >= 11 is 0. The number of hydroxylamine groups is 2. The summed E-state index contributed by atoms with van der Waals surface area (Å²) < 4.78 is 4.23. The minimum atomic E-state index is -1.71. The average Bonchev–Trinajstić information content (AvgIpc) is 2.17. The Labute approximate surface area is 61.0 Å². The van der Waals surface area contributed by atoms with Gasteiger partial charge >= 0.3 is 5.97 Å². The highest BCUT2D eigenvalue weighted by atomic mass is 16.7. The lowest BCUT2D eigenvalue weighted by molar-refractivity contribution is -0.219. The molecule has 0 aliphatic carbocycles. The third-order valence-corrected chi connectivity index (χ3v) is 1.25. The molecule has 0 spiro atoms. The molecule has 0 aromatic carbocycles. The number of aliphatic hydroxyl groups is 2. The van der Waals surface area contributed by atoms with Crippen molar-refractivity contribution in [2.45, 2.75) is 18.7 Å². The Balaban J connectivity index is 2.67. The number of hydrogen-bond donors (Lipinski definition) is 4. The van der Waals surface area contributed by atoms with Crippen molar-refractivity contribution < 1.29 is 30.1 Å². The summed E-state index contributed by atoms with van der Waals surface area (Å²) in [5.41, 5.74) is 0. The highest BCUT2D eigenvalue weighted by Gasteiger charge is 2.43. The number of nitrogens with zero attached hydrogens (tertiary/aromatic N) is 1. The number of ether oxygens (including phenoxy) is 1. The van der Waals surface area contributed by atoms with Gasteiger partial charge in [-0.2, -0.15) is 0 Å². The van der Waals surface area contributed by atoms with E-state index in [4.69, 9.17) is 20.5 Å². The molecule has 11 heavy (non-hydrogen) atoms. The fourth-order valence-electron chi connectivity index (χ4n) is 0.705. The van der Waals surface area contributed by atoms with E-state index in [9.17, 15) is 4.79 Å². The zero-order valence-corrected chi connectivity index (χ0v) is 5.28. The van der Waals surface area contributed by atoms with Crippen LogP contribution in [0.1, 0.15) is 0 Å². The third kappa shape index (κ3) is 1.32. The molecule has 7 heteroatoms. The lowest BCUT2D eigenvalue weighted by Crippen LogP contribution is -2.39. The van der Waals surface area contributed by atoms with Gasteiger partial charge in [-0.3, -0.25) is 0 Å². The van der Waals surface area contributed by atoms with Gasteiger partial charge in [0, 0.05) is 0 Å². The lowest BCUT2D eigenvalue weighted by atomic mass is 10.5. The van der Waals surface area contributed by atoms with Crippen LogP contribution in [0.3, 0.4) is 0 Å². The molecule has 3 atom stereocenters. The molecular weight excluding hydrogens is 158 g/mol. The van der Waals surface area contributed by atoms with E-state index in [1.54, 1.807) is 0 Å². The van der Waals surface area contributed by atoms with Crippen LogP contribution in [0.2, 0.25) is 0 Å². The van der Waals surface area contributed by atoms with Crippen LogP contribution in [0.15, 0.2) is 0 Å². The molecule has 0 saturated carbocycles. The van der Waals surface area contributed by atoms with E-state index in [0.717, 1.165) is 0 Å². The van der Waals surface area contributed by atoms with Crippen molar-refractivity contribution in [3.05, 3.63) is 0 Å². The molecule has 1 aliphatic heterocycles. The first-order chi connectivity index (χ1) is 5.04. The van der Waals surface area contributed by atoms with Crippen molar-refractivity contribution in [2.24, 2.45) is 0 Å². The van der Waals surface area contributed by atoms with Crippen LogP contribution in [0.4, 0.5) is 0 Å². The number of aliphatic hydroxyl groups excluding tert-OH is 2.